The van der Waals surface area contributed by atoms with Crippen molar-refractivity contribution in [3.8, 4) is 0 Å². The molecule has 0 bridgehead atoms. The standard InChI is InChI=1S/C17H21N3O5/c1-25-9-7-18-17(24)19-13-3-2-12-6-8-20(15(12)10-13)11-14(21)4-5-16(22)23/h2-3,6,8,10H,4-5,7,9,11H2,1H3,(H,22,23)(H2,18,19,24). The third kappa shape index (κ3) is 5.61. The Labute approximate surface area is 144 Å². The molecule has 0 fully saturated rings. The molecule has 1 aromatic heterocycles. The lowest BCUT2D eigenvalue weighted by molar-refractivity contribution is -0.138. The summed E-state index contributed by atoms with van der Waals surface area (Å²) >= 11 is 0. The van der Waals surface area contributed by atoms with Crippen LogP contribution in [0.1, 0.15) is 12.8 Å². The highest BCUT2D eigenvalue weighted by atomic mass is 16.5. The quantitative estimate of drug-likeness (QED) is 0.600. The highest BCUT2D eigenvalue weighted by Gasteiger charge is 2.10. The summed E-state index contributed by atoms with van der Waals surface area (Å²) in [7, 11) is 1.55. The Morgan fingerprint density at radius 3 is 2.72 bits per heavy atom. The smallest absolute Gasteiger partial charge is 0.319 e. The van der Waals surface area contributed by atoms with Crippen molar-refractivity contribution in [1.82, 2.24) is 9.88 Å². The molecule has 1 aromatic carbocycles. The maximum Gasteiger partial charge on any atom is 0.319 e. The molecule has 0 saturated heterocycles. The van der Waals surface area contributed by atoms with Crippen LogP contribution in [0.5, 0.6) is 0 Å². The van der Waals surface area contributed by atoms with Crippen molar-refractivity contribution >= 4 is 34.4 Å². The number of amides is 2. The second-order valence-corrected chi connectivity index (χ2v) is 5.52. The van der Waals surface area contributed by atoms with E-state index in [4.69, 9.17) is 9.84 Å². The summed E-state index contributed by atoms with van der Waals surface area (Å²) in [6.45, 7) is 0.924. The van der Waals surface area contributed by atoms with E-state index >= 15 is 0 Å². The van der Waals surface area contributed by atoms with Crippen molar-refractivity contribution in [2.45, 2.75) is 19.4 Å². The molecule has 0 unspecified atom stereocenters. The van der Waals surface area contributed by atoms with Gasteiger partial charge in [0.1, 0.15) is 0 Å². The van der Waals surface area contributed by atoms with Gasteiger partial charge in [0.25, 0.3) is 0 Å². The number of urea groups is 1. The van der Waals surface area contributed by atoms with Crippen LogP contribution >= 0.6 is 0 Å². The van der Waals surface area contributed by atoms with Crippen LogP contribution in [0.15, 0.2) is 30.5 Å². The summed E-state index contributed by atoms with van der Waals surface area (Å²) in [5, 5.41) is 15.0. The number of anilines is 1. The molecule has 0 aliphatic carbocycles. The predicted molar refractivity (Wildman–Crippen MR) is 92.7 cm³/mol. The van der Waals surface area contributed by atoms with Gasteiger partial charge in [-0.2, -0.15) is 0 Å². The summed E-state index contributed by atoms with van der Waals surface area (Å²) in [4.78, 5) is 34.2. The van der Waals surface area contributed by atoms with E-state index in [0.717, 1.165) is 10.9 Å². The van der Waals surface area contributed by atoms with Gasteiger partial charge in [-0.3, -0.25) is 9.59 Å². The lowest BCUT2D eigenvalue weighted by Gasteiger charge is -2.09. The molecule has 0 radical (unpaired) electrons. The van der Waals surface area contributed by atoms with Gasteiger partial charge >= 0.3 is 12.0 Å². The first-order chi connectivity index (χ1) is 12.0. The Morgan fingerprint density at radius 2 is 2.00 bits per heavy atom. The number of carboxylic acids is 1. The summed E-state index contributed by atoms with van der Waals surface area (Å²) in [6, 6.07) is 6.91. The van der Waals surface area contributed by atoms with Gasteiger partial charge in [0.05, 0.1) is 25.1 Å². The number of carboxylic acid groups (broad SMARTS) is 1. The molecule has 0 aliphatic rings. The number of hydrogen-bond acceptors (Lipinski definition) is 4. The third-order valence-electron chi connectivity index (χ3n) is 3.59. The van der Waals surface area contributed by atoms with Gasteiger partial charge in [0.2, 0.25) is 0 Å². The van der Waals surface area contributed by atoms with Crippen LogP contribution in [-0.2, 0) is 20.9 Å². The number of hydrogen-bond donors (Lipinski definition) is 3. The van der Waals surface area contributed by atoms with Gasteiger partial charge in [-0.05, 0) is 23.6 Å². The number of ether oxygens (including phenoxy) is 1. The number of Topliss-reactive ketones (excluding diaryl/α,β-unsaturated/α-hetero) is 1. The van der Waals surface area contributed by atoms with Crippen LogP contribution in [0.4, 0.5) is 10.5 Å². The Morgan fingerprint density at radius 1 is 1.20 bits per heavy atom. The largest absolute Gasteiger partial charge is 0.481 e. The van der Waals surface area contributed by atoms with Crippen LogP contribution < -0.4 is 10.6 Å². The van der Waals surface area contributed by atoms with Crippen LogP contribution in [0.3, 0.4) is 0 Å². The van der Waals surface area contributed by atoms with Crippen LogP contribution in [0, 0.1) is 0 Å². The topological polar surface area (TPSA) is 110 Å². The molecular formula is C17H21N3O5. The molecule has 3 N–H and O–H groups in total. The van der Waals surface area contributed by atoms with E-state index in [-0.39, 0.29) is 31.2 Å². The van der Waals surface area contributed by atoms with Crippen LogP contribution in [0.25, 0.3) is 10.9 Å². The Balaban J connectivity index is 2.04. The fourth-order valence-corrected chi connectivity index (χ4v) is 2.36. The summed E-state index contributed by atoms with van der Waals surface area (Å²) in [6.07, 6.45) is 1.59. The molecule has 2 rings (SSSR count). The number of nitrogens with zero attached hydrogens (tertiary/aromatic N) is 1. The van der Waals surface area contributed by atoms with Crippen molar-refractivity contribution in [3.05, 3.63) is 30.5 Å². The zero-order valence-electron chi connectivity index (χ0n) is 13.9. The van der Waals surface area contributed by atoms with Crippen molar-refractivity contribution in [2.24, 2.45) is 0 Å². The first-order valence-corrected chi connectivity index (χ1v) is 7.86. The van der Waals surface area contributed by atoms with Crippen molar-refractivity contribution in [2.75, 3.05) is 25.6 Å². The second kappa shape index (κ2) is 8.84. The molecule has 0 aliphatic heterocycles. The molecule has 8 nitrogen and oxygen atoms in total. The number of benzene rings is 1. The first-order valence-electron chi connectivity index (χ1n) is 7.86. The molecule has 0 atom stereocenters. The molecule has 0 spiro atoms. The van der Waals surface area contributed by atoms with E-state index in [1.54, 1.807) is 30.0 Å². The fraction of sp³-hybridized carbons (Fsp3) is 0.353. The maximum absolute atomic E-state index is 11.9. The minimum atomic E-state index is -0.989. The maximum atomic E-state index is 11.9. The van der Waals surface area contributed by atoms with E-state index < -0.39 is 5.97 Å². The zero-order valence-corrected chi connectivity index (χ0v) is 13.9. The average Bonchev–Trinajstić information content (AvgIpc) is 2.95. The van der Waals surface area contributed by atoms with E-state index in [2.05, 4.69) is 10.6 Å². The average molecular weight is 347 g/mol. The molecule has 2 aromatic rings. The Hall–Kier alpha value is -2.87. The highest BCUT2D eigenvalue weighted by Crippen LogP contribution is 2.21. The van der Waals surface area contributed by atoms with E-state index in [0.29, 0.717) is 18.8 Å². The number of rotatable bonds is 9. The molecule has 2 amide bonds. The van der Waals surface area contributed by atoms with Crippen molar-refractivity contribution < 1.29 is 24.2 Å². The number of methoxy groups -OCH3 is 1. The zero-order chi connectivity index (χ0) is 18.2. The number of aromatic nitrogens is 1. The normalized spacial score (nSPS) is 10.6. The Bertz CT molecular complexity index is 769. The first kappa shape index (κ1) is 18.5. The van der Waals surface area contributed by atoms with Gasteiger partial charge < -0.3 is 25.0 Å². The third-order valence-corrected chi connectivity index (χ3v) is 3.59. The number of nitrogens with one attached hydrogen (secondary N) is 2. The summed E-state index contributed by atoms with van der Waals surface area (Å²) < 4.78 is 6.61. The number of ketones is 1. The minimum absolute atomic E-state index is 0.00511. The van der Waals surface area contributed by atoms with Gasteiger partial charge in [-0.1, -0.05) is 6.07 Å². The van der Waals surface area contributed by atoms with E-state index in [1.807, 2.05) is 12.1 Å². The van der Waals surface area contributed by atoms with E-state index in [9.17, 15) is 14.4 Å². The fourth-order valence-electron chi connectivity index (χ4n) is 2.36. The molecule has 134 valence electrons. The highest BCUT2D eigenvalue weighted by molar-refractivity contribution is 5.93. The van der Waals surface area contributed by atoms with Crippen molar-refractivity contribution in [1.29, 1.82) is 0 Å². The van der Waals surface area contributed by atoms with E-state index in [1.165, 1.54) is 0 Å². The SMILES string of the molecule is COCCNC(=O)Nc1ccc2ccn(CC(=O)CCC(=O)O)c2c1. The van der Waals surface area contributed by atoms with Crippen molar-refractivity contribution in [3.63, 3.8) is 0 Å². The number of fused-ring (bicyclic) bond motifs is 1. The van der Waals surface area contributed by atoms with Crippen LogP contribution in [-0.4, -0.2) is 47.7 Å². The monoisotopic (exact) mass is 347 g/mol. The predicted octanol–water partition coefficient (Wildman–Crippen LogP) is 1.84. The van der Waals surface area contributed by atoms with Gasteiger partial charge in [0, 0.05) is 32.0 Å². The molecule has 1 heterocycles. The number of carbonyl (C=O) groups is 3. The number of aliphatic carboxylic acids is 1. The van der Waals surface area contributed by atoms with Crippen LogP contribution in [0.2, 0.25) is 0 Å². The number of carbonyl (C=O) groups excluding carboxylic acids is 2. The molecule has 8 heteroatoms. The minimum Gasteiger partial charge on any atom is -0.481 e. The van der Waals surface area contributed by atoms with Gasteiger partial charge in [-0.25, -0.2) is 4.79 Å². The molecule has 0 saturated carbocycles. The lowest BCUT2D eigenvalue weighted by atomic mass is 10.2. The molecular weight excluding hydrogens is 326 g/mol. The molecule has 25 heavy (non-hydrogen) atoms. The second-order valence-electron chi connectivity index (χ2n) is 5.52. The summed E-state index contributed by atoms with van der Waals surface area (Å²) in [5.74, 6) is -1.15. The lowest BCUT2D eigenvalue weighted by Crippen LogP contribution is -2.31. The summed E-state index contributed by atoms with van der Waals surface area (Å²) in [5.41, 5.74) is 1.39. The van der Waals surface area contributed by atoms with Gasteiger partial charge in [0.15, 0.2) is 5.78 Å². The Kier molecular flexibility index (Phi) is 6.53. The van der Waals surface area contributed by atoms with Gasteiger partial charge in [-0.15, -0.1) is 0 Å².